The van der Waals surface area contributed by atoms with Gasteiger partial charge in [-0.15, -0.1) is 24.0 Å². The first kappa shape index (κ1) is 24.1. The molecule has 0 atom stereocenters. The number of aliphatic imine (C=N–C) groups is 1. The zero-order valence-electron chi connectivity index (χ0n) is 18.0. The van der Waals surface area contributed by atoms with Crippen molar-refractivity contribution in [1.82, 2.24) is 15.1 Å². The first-order valence-corrected chi connectivity index (χ1v) is 9.67. The fourth-order valence-electron chi connectivity index (χ4n) is 3.51. The van der Waals surface area contributed by atoms with E-state index in [1.807, 2.05) is 31.3 Å². The molecule has 1 aliphatic heterocycles. The van der Waals surface area contributed by atoms with Crippen molar-refractivity contribution in [2.24, 2.45) is 4.99 Å². The molecule has 1 saturated heterocycles. The minimum atomic E-state index is 0. The summed E-state index contributed by atoms with van der Waals surface area (Å²) in [5.41, 5.74) is 1.13. The second-order valence-electron chi connectivity index (χ2n) is 6.78. The number of nitrogens with one attached hydrogen (secondary N) is 1. The summed E-state index contributed by atoms with van der Waals surface area (Å²) >= 11 is 0. The zero-order chi connectivity index (χ0) is 20.6. The lowest BCUT2D eigenvalue weighted by molar-refractivity contribution is 0.172. The number of nitrogens with zero attached hydrogens (tertiary/aromatic N) is 3. The molecule has 0 bridgehead atoms. The Morgan fingerprint density at radius 3 is 2.23 bits per heavy atom. The molecule has 0 aliphatic carbocycles. The number of hydrogen-bond donors (Lipinski definition) is 1. The van der Waals surface area contributed by atoms with Crippen LogP contribution < -0.4 is 19.5 Å². The van der Waals surface area contributed by atoms with E-state index in [1.54, 1.807) is 27.6 Å². The molecule has 2 heterocycles. The van der Waals surface area contributed by atoms with Crippen LogP contribution in [0.15, 0.2) is 39.9 Å². The Hall–Kier alpha value is -2.14. The van der Waals surface area contributed by atoms with Gasteiger partial charge in [-0.2, -0.15) is 0 Å². The Morgan fingerprint density at radius 1 is 1.07 bits per heavy atom. The van der Waals surface area contributed by atoms with Gasteiger partial charge in [0.25, 0.3) is 0 Å². The quantitative estimate of drug-likeness (QED) is 0.336. The summed E-state index contributed by atoms with van der Waals surface area (Å²) in [6, 6.07) is 7.87. The molecular formula is C21H31IN4O4. The molecule has 9 heteroatoms. The molecule has 166 valence electrons. The maximum Gasteiger partial charge on any atom is 0.203 e. The van der Waals surface area contributed by atoms with Crippen LogP contribution in [-0.2, 0) is 13.1 Å². The third-order valence-corrected chi connectivity index (χ3v) is 5.02. The van der Waals surface area contributed by atoms with Crippen LogP contribution in [0.3, 0.4) is 0 Å². The number of rotatable bonds is 7. The van der Waals surface area contributed by atoms with Crippen LogP contribution in [0, 0.1) is 0 Å². The molecule has 3 rings (SSSR count). The van der Waals surface area contributed by atoms with Gasteiger partial charge in [-0.3, -0.25) is 9.89 Å². The van der Waals surface area contributed by atoms with Crippen molar-refractivity contribution >= 4 is 29.9 Å². The molecule has 0 spiro atoms. The smallest absolute Gasteiger partial charge is 0.203 e. The van der Waals surface area contributed by atoms with Gasteiger partial charge in [0.15, 0.2) is 17.5 Å². The number of methoxy groups -OCH3 is 3. The molecule has 0 saturated carbocycles. The van der Waals surface area contributed by atoms with Gasteiger partial charge in [-0.1, -0.05) is 0 Å². The largest absolute Gasteiger partial charge is 0.493 e. The van der Waals surface area contributed by atoms with E-state index in [0.717, 1.165) is 50.0 Å². The third kappa shape index (κ3) is 5.94. The van der Waals surface area contributed by atoms with Crippen molar-refractivity contribution in [1.29, 1.82) is 0 Å². The van der Waals surface area contributed by atoms with Crippen molar-refractivity contribution < 1.29 is 18.6 Å². The Morgan fingerprint density at radius 2 is 1.73 bits per heavy atom. The van der Waals surface area contributed by atoms with Gasteiger partial charge in [-0.25, -0.2) is 0 Å². The van der Waals surface area contributed by atoms with E-state index < -0.39 is 0 Å². The summed E-state index contributed by atoms with van der Waals surface area (Å²) in [4.78, 5) is 9.10. The predicted octanol–water partition coefficient (Wildman–Crippen LogP) is 2.82. The Bertz CT molecular complexity index is 780. The monoisotopic (exact) mass is 530 g/mol. The Labute approximate surface area is 195 Å². The van der Waals surface area contributed by atoms with E-state index in [4.69, 9.17) is 18.6 Å². The normalized spacial score (nSPS) is 14.8. The van der Waals surface area contributed by atoms with Crippen LogP contribution in [0.4, 0.5) is 0 Å². The SMILES string of the molecule is CN=C(NCc1ccco1)N1CCN(Cc2cc(OC)c(OC)c(OC)c2)CC1.I. The van der Waals surface area contributed by atoms with Gasteiger partial charge >= 0.3 is 0 Å². The van der Waals surface area contributed by atoms with E-state index in [9.17, 15) is 0 Å². The van der Waals surface area contributed by atoms with Crippen LogP contribution in [0.5, 0.6) is 17.2 Å². The number of piperazine rings is 1. The number of hydrogen-bond acceptors (Lipinski definition) is 6. The Kier molecular flexibility index (Phi) is 9.57. The molecule has 2 aromatic rings. The summed E-state index contributed by atoms with van der Waals surface area (Å²) in [6.45, 7) is 5.15. The lowest BCUT2D eigenvalue weighted by Crippen LogP contribution is -2.52. The molecule has 1 aromatic heterocycles. The highest BCUT2D eigenvalue weighted by molar-refractivity contribution is 14.0. The predicted molar refractivity (Wildman–Crippen MR) is 127 cm³/mol. The number of guanidine groups is 1. The van der Waals surface area contributed by atoms with Crippen LogP contribution in [0.25, 0.3) is 0 Å². The van der Waals surface area contributed by atoms with Crippen LogP contribution in [0.2, 0.25) is 0 Å². The van der Waals surface area contributed by atoms with Gasteiger partial charge in [0, 0.05) is 39.8 Å². The van der Waals surface area contributed by atoms with Crippen molar-refractivity contribution in [3.05, 3.63) is 41.9 Å². The minimum Gasteiger partial charge on any atom is -0.493 e. The maximum absolute atomic E-state index is 5.47. The summed E-state index contributed by atoms with van der Waals surface area (Å²) in [7, 11) is 6.71. The van der Waals surface area contributed by atoms with E-state index in [0.29, 0.717) is 23.8 Å². The van der Waals surface area contributed by atoms with Crippen molar-refractivity contribution in [3.8, 4) is 17.2 Å². The van der Waals surface area contributed by atoms with Crippen LogP contribution in [0.1, 0.15) is 11.3 Å². The van der Waals surface area contributed by atoms with E-state index in [1.165, 1.54) is 0 Å². The maximum atomic E-state index is 5.47. The number of furan rings is 1. The highest BCUT2D eigenvalue weighted by Gasteiger charge is 2.21. The number of halogens is 1. The lowest BCUT2D eigenvalue weighted by Gasteiger charge is -2.36. The zero-order valence-corrected chi connectivity index (χ0v) is 20.3. The van der Waals surface area contributed by atoms with E-state index in [-0.39, 0.29) is 24.0 Å². The molecular weight excluding hydrogens is 499 g/mol. The average molecular weight is 530 g/mol. The molecule has 0 unspecified atom stereocenters. The summed E-state index contributed by atoms with van der Waals surface area (Å²) < 4.78 is 21.7. The summed E-state index contributed by atoms with van der Waals surface area (Å²) in [5, 5.41) is 3.37. The van der Waals surface area contributed by atoms with Crippen LogP contribution in [-0.4, -0.2) is 70.3 Å². The molecule has 30 heavy (non-hydrogen) atoms. The second-order valence-corrected chi connectivity index (χ2v) is 6.78. The van der Waals surface area contributed by atoms with Gasteiger partial charge in [0.05, 0.1) is 34.1 Å². The van der Waals surface area contributed by atoms with Crippen LogP contribution >= 0.6 is 24.0 Å². The summed E-state index contributed by atoms with van der Waals surface area (Å²) in [5.74, 6) is 3.78. The molecule has 1 fully saturated rings. The van der Waals surface area contributed by atoms with Crippen molar-refractivity contribution in [2.45, 2.75) is 13.1 Å². The molecule has 1 aliphatic rings. The second kappa shape index (κ2) is 11.9. The lowest BCUT2D eigenvalue weighted by atomic mass is 10.1. The van der Waals surface area contributed by atoms with Gasteiger partial charge in [0.2, 0.25) is 5.75 Å². The highest BCUT2D eigenvalue weighted by atomic mass is 127. The molecule has 8 nitrogen and oxygen atoms in total. The molecule has 0 radical (unpaired) electrons. The fourth-order valence-corrected chi connectivity index (χ4v) is 3.51. The van der Waals surface area contributed by atoms with Gasteiger partial charge in [-0.05, 0) is 29.8 Å². The first-order valence-electron chi connectivity index (χ1n) is 9.67. The summed E-state index contributed by atoms with van der Waals surface area (Å²) in [6.07, 6.45) is 1.68. The highest BCUT2D eigenvalue weighted by Crippen LogP contribution is 2.38. The molecule has 1 aromatic carbocycles. The van der Waals surface area contributed by atoms with Crippen molar-refractivity contribution in [3.63, 3.8) is 0 Å². The fraction of sp³-hybridized carbons (Fsp3) is 0.476. The number of ether oxygens (including phenoxy) is 3. The van der Waals surface area contributed by atoms with Gasteiger partial charge in [0.1, 0.15) is 5.76 Å². The minimum absolute atomic E-state index is 0. The number of benzene rings is 1. The van der Waals surface area contributed by atoms with E-state index in [2.05, 4.69) is 20.1 Å². The average Bonchev–Trinajstić information content (AvgIpc) is 3.28. The van der Waals surface area contributed by atoms with E-state index >= 15 is 0 Å². The Balaban J connectivity index is 0.00000320. The molecule has 1 N–H and O–H groups in total. The third-order valence-electron chi connectivity index (χ3n) is 5.02. The standard InChI is InChI=1S/C21H30N4O4.HI/c1-22-21(23-14-17-6-5-11-29-17)25-9-7-24(8-10-25)15-16-12-18(26-2)20(28-4)19(13-16)27-3;/h5-6,11-13H,7-10,14-15H2,1-4H3,(H,22,23);1H. The van der Waals surface area contributed by atoms with Gasteiger partial charge < -0.3 is 28.8 Å². The molecule has 0 amide bonds. The topological polar surface area (TPSA) is 71.7 Å². The first-order chi connectivity index (χ1) is 14.2. The van der Waals surface area contributed by atoms with Crippen molar-refractivity contribution in [2.75, 3.05) is 54.6 Å².